The summed E-state index contributed by atoms with van der Waals surface area (Å²) in [7, 11) is 1.91. The molecule has 0 aromatic heterocycles. The standard InChI is InChI=1S/C7H14N2O2/c1-8-9-4-7(5-10)2-6(9)3-11-7/h6,8,10H,2-5H2,1H3. The fraction of sp³-hybridized carbons (Fsp3) is 1.00. The molecule has 2 saturated heterocycles. The molecule has 2 unspecified atom stereocenters. The Kier molecular flexibility index (Phi) is 1.64. The van der Waals surface area contributed by atoms with Crippen molar-refractivity contribution in [2.24, 2.45) is 0 Å². The first kappa shape index (κ1) is 7.49. The maximum atomic E-state index is 9.08. The van der Waals surface area contributed by atoms with Crippen molar-refractivity contribution in [2.45, 2.75) is 18.1 Å². The lowest BCUT2D eigenvalue weighted by molar-refractivity contribution is -0.0820. The third-order valence-electron chi connectivity index (χ3n) is 2.66. The number of nitrogens with zero attached hydrogens (tertiary/aromatic N) is 1. The van der Waals surface area contributed by atoms with Gasteiger partial charge < -0.3 is 9.84 Å². The van der Waals surface area contributed by atoms with Crippen LogP contribution in [-0.4, -0.2) is 48.6 Å². The Labute approximate surface area is 66.1 Å². The molecule has 2 aliphatic heterocycles. The first-order valence-corrected chi connectivity index (χ1v) is 3.98. The van der Waals surface area contributed by atoms with Crippen molar-refractivity contribution in [1.29, 1.82) is 0 Å². The van der Waals surface area contributed by atoms with Gasteiger partial charge in [-0.1, -0.05) is 0 Å². The monoisotopic (exact) mass is 158 g/mol. The average Bonchev–Trinajstić information content (AvgIpc) is 2.61. The molecular formula is C7H14N2O2. The first-order valence-electron chi connectivity index (χ1n) is 3.98. The van der Waals surface area contributed by atoms with Crippen molar-refractivity contribution in [2.75, 3.05) is 26.8 Å². The van der Waals surface area contributed by atoms with Crippen LogP contribution in [0.2, 0.25) is 0 Å². The molecular weight excluding hydrogens is 144 g/mol. The van der Waals surface area contributed by atoms with Gasteiger partial charge in [0.1, 0.15) is 5.60 Å². The molecule has 0 amide bonds. The van der Waals surface area contributed by atoms with E-state index in [4.69, 9.17) is 9.84 Å². The number of hydrogen-bond donors (Lipinski definition) is 2. The van der Waals surface area contributed by atoms with Crippen LogP contribution in [-0.2, 0) is 4.74 Å². The Balaban J connectivity index is 2.08. The van der Waals surface area contributed by atoms with E-state index in [9.17, 15) is 0 Å². The molecule has 4 heteroatoms. The highest BCUT2D eigenvalue weighted by Crippen LogP contribution is 2.35. The van der Waals surface area contributed by atoms with E-state index in [1.165, 1.54) is 0 Å². The van der Waals surface area contributed by atoms with Crippen molar-refractivity contribution < 1.29 is 9.84 Å². The smallest absolute Gasteiger partial charge is 0.107 e. The van der Waals surface area contributed by atoms with Gasteiger partial charge in [-0.15, -0.1) is 0 Å². The van der Waals surface area contributed by atoms with Gasteiger partial charge in [0.25, 0.3) is 0 Å². The minimum atomic E-state index is -0.256. The summed E-state index contributed by atoms with van der Waals surface area (Å²) in [6.45, 7) is 1.70. The Morgan fingerprint density at radius 3 is 3.09 bits per heavy atom. The van der Waals surface area contributed by atoms with E-state index in [0.717, 1.165) is 19.6 Å². The summed E-state index contributed by atoms with van der Waals surface area (Å²) in [6, 6.07) is 0.465. The van der Waals surface area contributed by atoms with Gasteiger partial charge in [-0.05, 0) is 13.5 Å². The van der Waals surface area contributed by atoms with Gasteiger partial charge in [-0.3, -0.25) is 5.43 Å². The van der Waals surface area contributed by atoms with Crippen molar-refractivity contribution in [3.63, 3.8) is 0 Å². The zero-order valence-corrected chi connectivity index (χ0v) is 6.71. The van der Waals surface area contributed by atoms with Crippen molar-refractivity contribution in [3.8, 4) is 0 Å². The van der Waals surface area contributed by atoms with E-state index < -0.39 is 0 Å². The van der Waals surface area contributed by atoms with Crippen LogP contribution in [0.15, 0.2) is 0 Å². The number of hydrazine groups is 1. The lowest BCUT2D eigenvalue weighted by Gasteiger charge is -2.30. The molecule has 0 spiro atoms. The summed E-state index contributed by atoms with van der Waals surface area (Å²) in [4.78, 5) is 0. The third kappa shape index (κ3) is 0.980. The summed E-state index contributed by atoms with van der Waals surface area (Å²) in [6.07, 6.45) is 0.963. The summed E-state index contributed by atoms with van der Waals surface area (Å²) >= 11 is 0. The molecule has 0 aromatic carbocycles. The Bertz CT molecular complexity index is 165. The average molecular weight is 158 g/mol. The second-order valence-electron chi connectivity index (χ2n) is 3.36. The molecule has 0 aliphatic carbocycles. The van der Waals surface area contributed by atoms with Crippen LogP contribution in [0.25, 0.3) is 0 Å². The summed E-state index contributed by atoms with van der Waals surface area (Å²) < 4.78 is 5.49. The van der Waals surface area contributed by atoms with Gasteiger partial charge in [-0.2, -0.15) is 0 Å². The zero-order valence-electron chi connectivity index (χ0n) is 6.71. The van der Waals surface area contributed by atoms with Crippen LogP contribution in [0.4, 0.5) is 0 Å². The highest BCUT2D eigenvalue weighted by Gasteiger charge is 2.50. The van der Waals surface area contributed by atoms with E-state index in [1.54, 1.807) is 0 Å². The number of hydrogen-bond acceptors (Lipinski definition) is 4. The van der Waals surface area contributed by atoms with E-state index in [0.29, 0.717) is 6.04 Å². The van der Waals surface area contributed by atoms with Crippen LogP contribution in [0.5, 0.6) is 0 Å². The predicted octanol–water partition coefficient (Wildman–Crippen LogP) is -1.04. The number of aliphatic hydroxyl groups is 1. The van der Waals surface area contributed by atoms with Crippen molar-refractivity contribution in [3.05, 3.63) is 0 Å². The van der Waals surface area contributed by atoms with Gasteiger partial charge in [0.05, 0.1) is 19.3 Å². The SMILES string of the molecule is CNN1CC2(CO)CC1CO2. The fourth-order valence-corrected chi connectivity index (χ4v) is 1.99. The second kappa shape index (κ2) is 2.42. The maximum Gasteiger partial charge on any atom is 0.107 e. The van der Waals surface area contributed by atoms with E-state index in [2.05, 4.69) is 10.4 Å². The first-order chi connectivity index (χ1) is 5.29. The molecule has 64 valence electrons. The Morgan fingerprint density at radius 1 is 1.82 bits per heavy atom. The predicted molar refractivity (Wildman–Crippen MR) is 39.9 cm³/mol. The largest absolute Gasteiger partial charge is 0.393 e. The number of nitrogens with one attached hydrogen (secondary N) is 1. The van der Waals surface area contributed by atoms with E-state index >= 15 is 0 Å². The third-order valence-corrected chi connectivity index (χ3v) is 2.66. The normalized spacial score (nSPS) is 43.6. The maximum absolute atomic E-state index is 9.08. The number of fused-ring (bicyclic) bond motifs is 2. The number of aliphatic hydroxyl groups excluding tert-OH is 1. The molecule has 2 N–H and O–H groups in total. The molecule has 0 radical (unpaired) electrons. The second-order valence-corrected chi connectivity index (χ2v) is 3.36. The number of morpholine rings is 1. The minimum Gasteiger partial charge on any atom is -0.393 e. The lowest BCUT2D eigenvalue weighted by atomic mass is 10.1. The van der Waals surface area contributed by atoms with Crippen LogP contribution < -0.4 is 5.43 Å². The van der Waals surface area contributed by atoms with Gasteiger partial charge in [-0.25, -0.2) is 5.01 Å². The van der Waals surface area contributed by atoms with Gasteiger partial charge >= 0.3 is 0 Å². The Morgan fingerprint density at radius 2 is 2.64 bits per heavy atom. The van der Waals surface area contributed by atoms with Crippen molar-refractivity contribution in [1.82, 2.24) is 10.4 Å². The van der Waals surface area contributed by atoms with Gasteiger partial charge in [0, 0.05) is 6.54 Å². The van der Waals surface area contributed by atoms with Gasteiger partial charge in [0.2, 0.25) is 0 Å². The number of rotatable bonds is 2. The topological polar surface area (TPSA) is 44.7 Å². The van der Waals surface area contributed by atoms with Crippen LogP contribution in [0.3, 0.4) is 0 Å². The molecule has 2 rings (SSSR count). The van der Waals surface area contributed by atoms with Crippen molar-refractivity contribution >= 4 is 0 Å². The molecule has 0 aromatic rings. The lowest BCUT2D eigenvalue weighted by Crippen LogP contribution is -2.49. The molecule has 2 fully saturated rings. The van der Waals surface area contributed by atoms with Crippen LogP contribution >= 0.6 is 0 Å². The molecule has 2 aliphatic rings. The molecule has 4 nitrogen and oxygen atoms in total. The summed E-state index contributed by atoms with van der Waals surface area (Å²) in [5, 5.41) is 11.2. The highest BCUT2D eigenvalue weighted by atomic mass is 16.5. The molecule has 11 heavy (non-hydrogen) atoms. The summed E-state index contributed by atoms with van der Waals surface area (Å²) in [5.74, 6) is 0. The molecule has 0 saturated carbocycles. The number of ether oxygens (including phenoxy) is 1. The molecule has 2 heterocycles. The van der Waals surface area contributed by atoms with E-state index in [-0.39, 0.29) is 12.2 Å². The van der Waals surface area contributed by atoms with Crippen LogP contribution in [0.1, 0.15) is 6.42 Å². The fourth-order valence-electron chi connectivity index (χ4n) is 1.99. The summed E-state index contributed by atoms with van der Waals surface area (Å²) in [5.41, 5.74) is 2.84. The van der Waals surface area contributed by atoms with Gasteiger partial charge in [0.15, 0.2) is 0 Å². The van der Waals surface area contributed by atoms with E-state index in [1.807, 2.05) is 7.05 Å². The minimum absolute atomic E-state index is 0.141. The quantitative estimate of drug-likeness (QED) is 0.538. The Hall–Kier alpha value is -0.160. The van der Waals surface area contributed by atoms with Crippen LogP contribution in [0, 0.1) is 0 Å². The molecule has 2 atom stereocenters. The highest BCUT2D eigenvalue weighted by molar-refractivity contribution is 5.01. The zero-order chi connectivity index (χ0) is 7.90. The molecule has 2 bridgehead atoms.